The van der Waals surface area contributed by atoms with Crippen molar-refractivity contribution in [2.75, 3.05) is 64.7 Å². The van der Waals surface area contributed by atoms with Crippen molar-refractivity contribution in [3.8, 4) is 0 Å². The van der Waals surface area contributed by atoms with Gasteiger partial charge >= 0.3 is 0 Å². The van der Waals surface area contributed by atoms with Crippen molar-refractivity contribution in [3.63, 3.8) is 0 Å². The third-order valence-corrected chi connectivity index (χ3v) is 13.9. The molecule has 0 radical (unpaired) electrons. The minimum atomic E-state index is -1.20. The lowest BCUT2D eigenvalue weighted by atomic mass is 9.86. The Hall–Kier alpha value is -5.21. The van der Waals surface area contributed by atoms with Crippen LogP contribution >= 0.6 is 11.6 Å². The van der Waals surface area contributed by atoms with Crippen molar-refractivity contribution in [2.45, 2.75) is 88.7 Å². The third-order valence-electron chi connectivity index (χ3n) is 13.6. The second kappa shape index (κ2) is 20.7. The van der Waals surface area contributed by atoms with Crippen molar-refractivity contribution < 1.29 is 19.5 Å². The molecule has 14 heteroatoms. The smallest absolute Gasteiger partial charge is 0.261 e. The zero-order chi connectivity index (χ0) is 44.6. The van der Waals surface area contributed by atoms with E-state index < -0.39 is 5.60 Å². The predicted octanol–water partition coefficient (Wildman–Crippen LogP) is 6.64. The Morgan fingerprint density at radius 3 is 2.41 bits per heavy atom. The molecule has 64 heavy (non-hydrogen) atoms. The number of hydrogen-bond donors (Lipinski definition) is 3. The monoisotopic (exact) mass is 888 g/mol. The summed E-state index contributed by atoms with van der Waals surface area (Å²) in [6, 6.07) is 22.5. The summed E-state index contributed by atoms with van der Waals surface area (Å²) >= 11 is 6.68. The van der Waals surface area contributed by atoms with E-state index in [2.05, 4.69) is 32.5 Å². The summed E-state index contributed by atoms with van der Waals surface area (Å²) in [6.07, 6.45) is 10.1. The van der Waals surface area contributed by atoms with Crippen LogP contribution in [0, 0.1) is 5.92 Å². The Morgan fingerprint density at radius 1 is 0.891 bits per heavy atom. The number of fused-ring (bicyclic) bond motifs is 2. The van der Waals surface area contributed by atoms with Gasteiger partial charge in [-0.05, 0) is 94.0 Å². The molecular weight excluding hydrogens is 828 g/mol. The Balaban J connectivity index is 0.843. The normalized spacial score (nSPS) is 18.0. The number of aliphatic hydroxyl groups is 1. The number of likely N-dealkylation sites (tertiary alicyclic amines) is 1. The molecule has 0 bridgehead atoms. The first kappa shape index (κ1) is 45.4. The molecule has 2 saturated heterocycles. The number of pyridine rings is 1. The number of piperidine rings is 1. The van der Waals surface area contributed by atoms with Crippen molar-refractivity contribution in [1.29, 1.82) is 0 Å². The van der Waals surface area contributed by atoms with Crippen molar-refractivity contribution in [3.05, 3.63) is 111 Å². The highest BCUT2D eigenvalue weighted by atomic mass is 35.5. The first-order chi connectivity index (χ1) is 31.0. The van der Waals surface area contributed by atoms with Crippen LogP contribution in [0.5, 0.6) is 0 Å². The molecule has 1 atom stereocenters. The quantitative estimate of drug-likeness (QED) is 0.0983. The number of amides is 3. The van der Waals surface area contributed by atoms with Crippen LogP contribution in [0.25, 0.3) is 21.8 Å². The zero-order valence-electron chi connectivity index (χ0n) is 36.9. The molecule has 3 amide bonds. The first-order valence-corrected chi connectivity index (χ1v) is 23.5. The van der Waals surface area contributed by atoms with Gasteiger partial charge in [0.2, 0.25) is 11.8 Å². The molecule has 5 aromatic rings. The fourth-order valence-corrected chi connectivity index (χ4v) is 9.87. The fraction of sp³-hybridized carbons (Fsp3) is 0.480. The topological polar surface area (TPSA) is 153 Å². The maximum atomic E-state index is 14.2. The van der Waals surface area contributed by atoms with Gasteiger partial charge in [-0.1, -0.05) is 67.3 Å². The number of piperazine rings is 1. The molecule has 1 aliphatic carbocycles. The lowest BCUT2D eigenvalue weighted by Gasteiger charge is -2.39. The van der Waals surface area contributed by atoms with Gasteiger partial charge in [-0.25, -0.2) is 4.98 Å². The Morgan fingerprint density at radius 2 is 1.64 bits per heavy atom. The highest BCUT2D eigenvalue weighted by Gasteiger charge is 2.36. The SMILES string of the molecule is CN1CCN(CCC(=O)Nc2ccc3c(=O)n(CC4(O)CCN(C(=O)C(CCCNC(=O)c5ccc6c(Cl)cc(C7CCCCC7)nc6c5)Cc5ccccc5)CC4)cnc3c2)CC1. The van der Waals surface area contributed by atoms with Crippen LogP contribution in [0.15, 0.2) is 83.9 Å². The summed E-state index contributed by atoms with van der Waals surface area (Å²) < 4.78 is 1.44. The number of nitrogens with one attached hydrogen (secondary N) is 2. The minimum absolute atomic E-state index is 0.0234. The van der Waals surface area contributed by atoms with E-state index in [9.17, 15) is 24.3 Å². The summed E-state index contributed by atoms with van der Waals surface area (Å²) in [5.41, 5.74) is 2.90. The predicted molar refractivity (Wildman–Crippen MR) is 252 cm³/mol. The number of aromatic nitrogens is 3. The molecule has 1 saturated carbocycles. The summed E-state index contributed by atoms with van der Waals surface area (Å²) in [7, 11) is 2.11. The molecule has 8 rings (SSSR count). The molecule has 0 spiro atoms. The second-order valence-electron chi connectivity index (χ2n) is 18.3. The van der Waals surface area contributed by atoms with E-state index in [0.29, 0.717) is 97.8 Å². The summed E-state index contributed by atoms with van der Waals surface area (Å²) in [4.78, 5) is 69.7. The van der Waals surface area contributed by atoms with Crippen molar-refractivity contribution >= 4 is 56.8 Å². The van der Waals surface area contributed by atoms with Gasteiger partial charge in [-0.15, -0.1) is 0 Å². The summed E-state index contributed by atoms with van der Waals surface area (Å²) in [5.74, 6) is -0.162. The van der Waals surface area contributed by atoms with E-state index in [1.807, 2.05) is 53.4 Å². The van der Waals surface area contributed by atoms with Gasteiger partial charge in [-0.3, -0.25) is 28.7 Å². The van der Waals surface area contributed by atoms with Crippen LogP contribution in [-0.4, -0.2) is 117 Å². The molecule has 4 heterocycles. The highest BCUT2D eigenvalue weighted by molar-refractivity contribution is 6.35. The van der Waals surface area contributed by atoms with Crippen LogP contribution in [-0.2, 0) is 22.6 Å². The maximum absolute atomic E-state index is 14.2. The van der Waals surface area contributed by atoms with Crippen LogP contribution in [0.4, 0.5) is 5.69 Å². The van der Waals surface area contributed by atoms with Gasteiger partial charge < -0.3 is 30.4 Å². The van der Waals surface area contributed by atoms with E-state index in [1.54, 1.807) is 24.3 Å². The molecule has 3 aromatic carbocycles. The van der Waals surface area contributed by atoms with Gasteiger partial charge in [0.1, 0.15) is 0 Å². The Kier molecular flexibility index (Phi) is 14.7. The average molecular weight is 890 g/mol. The number of benzene rings is 3. The van der Waals surface area contributed by atoms with Crippen molar-refractivity contribution in [2.24, 2.45) is 5.92 Å². The number of nitrogens with zero attached hydrogens (tertiary/aromatic N) is 6. The summed E-state index contributed by atoms with van der Waals surface area (Å²) in [6.45, 7) is 5.76. The molecule has 3 aliphatic rings. The van der Waals surface area contributed by atoms with E-state index in [-0.39, 0.29) is 35.7 Å². The minimum Gasteiger partial charge on any atom is -0.388 e. The lowest BCUT2D eigenvalue weighted by molar-refractivity contribution is -0.140. The fourth-order valence-electron chi connectivity index (χ4n) is 9.60. The van der Waals surface area contributed by atoms with Gasteiger partial charge in [-0.2, -0.15) is 0 Å². The third kappa shape index (κ3) is 11.4. The molecule has 338 valence electrons. The molecule has 1 unspecified atom stereocenters. The van der Waals surface area contributed by atoms with Crippen LogP contribution < -0.4 is 16.2 Å². The second-order valence-corrected chi connectivity index (χ2v) is 18.7. The highest BCUT2D eigenvalue weighted by Crippen LogP contribution is 2.35. The number of rotatable bonds is 15. The first-order valence-electron chi connectivity index (χ1n) is 23.1. The molecular formula is C50H61ClN8O5. The average Bonchev–Trinajstić information content (AvgIpc) is 3.31. The number of hydrogen-bond acceptors (Lipinski definition) is 9. The van der Waals surface area contributed by atoms with Crippen LogP contribution in [0.2, 0.25) is 5.02 Å². The number of halogens is 1. The Bertz CT molecular complexity index is 2490. The molecule has 2 aliphatic heterocycles. The zero-order valence-corrected chi connectivity index (χ0v) is 37.7. The van der Waals surface area contributed by atoms with E-state index in [4.69, 9.17) is 16.6 Å². The van der Waals surface area contributed by atoms with Crippen LogP contribution in [0.3, 0.4) is 0 Å². The Labute approximate surface area is 380 Å². The lowest BCUT2D eigenvalue weighted by Crippen LogP contribution is -2.51. The van der Waals surface area contributed by atoms with Gasteiger partial charge in [0.15, 0.2) is 0 Å². The number of carbonyl (C=O) groups excluding carboxylic acids is 3. The standard InChI is InChI=1S/C50H61ClN8O5/c1-56-25-27-57(28-26-56)22-18-46(60)54-39-15-17-41-44(31-39)53-34-59(49(41)63)33-50(64)19-23-58(24-20-50)48(62)38(29-35-9-4-2-5-10-35)13-8-21-52-47(61)37-14-16-40-42(51)32-43(55-45(40)30-37)36-11-6-3-7-12-36/h2,4-5,9-10,14-17,30-32,34,36,38,64H,3,6-8,11-13,18-29,33H2,1H3,(H,52,61)(H,54,60). The summed E-state index contributed by atoms with van der Waals surface area (Å²) in [5, 5.41) is 19.6. The van der Waals surface area contributed by atoms with E-state index in [0.717, 1.165) is 61.2 Å². The largest absolute Gasteiger partial charge is 0.388 e. The van der Waals surface area contributed by atoms with Gasteiger partial charge in [0, 0.05) is 92.9 Å². The van der Waals surface area contributed by atoms with Crippen molar-refractivity contribution in [1.82, 2.24) is 34.6 Å². The van der Waals surface area contributed by atoms with Crippen LogP contribution in [0.1, 0.15) is 91.7 Å². The number of likely N-dealkylation sites (N-methyl/N-ethyl adjacent to an activating group) is 1. The molecule has 2 aromatic heterocycles. The molecule has 3 fully saturated rings. The molecule has 13 nitrogen and oxygen atoms in total. The maximum Gasteiger partial charge on any atom is 0.261 e. The molecule has 3 N–H and O–H groups in total. The van der Waals surface area contributed by atoms with E-state index >= 15 is 0 Å². The number of anilines is 1. The van der Waals surface area contributed by atoms with Gasteiger partial charge in [0.05, 0.1) is 39.9 Å². The number of carbonyl (C=O) groups is 3. The van der Waals surface area contributed by atoms with E-state index in [1.165, 1.54) is 30.2 Å². The van der Waals surface area contributed by atoms with Gasteiger partial charge in [0.25, 0.3) is 11.5 Å².